The minimum Gasteiger partial charge on any atom is -0.493 e. The van der Waals surface area contributed by atoms with Gasteiger partial charge in [0.15, 0.2) is 11.5 Å². The Kier molecular flexibility index (Phi) is 8.24. The van der Waals surface area contributed by atoms with Crippen LogP contribution in [-0.2, 0) is 0 Å². The number of ether oxygens (including phenoxy) is 3. The molecule has 0 amide bonds. The SMILES string of the molecule is COc1cccc(/C=N/Nc2ccc([N+](=O)[O-])cc2)c1OCCCOc1cc(C)cc(C)c1. The molecule has 33 heavy (non-hydrogen) atoms. The van der Waals surface area contributed by atoms with Crippen molar-refractivity contribution in [2.45, 2.75) is 20.3 Å². The first-order valence-corrected chi connectivity index (χ1v) is 10.5. The maximum atomic E-state index is 10.8. The molecule has 0 saturated heterocycles. The van der Waals surface area contributed by atoms with Crippen LogP contribution in [0.25, 0.3) is 0 Å². The molecule has 0 aliphatic carbocycles. The number of nitro groups is 1. The second-order valence-electron chi connectivity index (χ2n) is 7.43. The number of nitro benzene ring substituents is 1. The lowest BCUT2D eigenvalue weighted by atomic mass is 10.1. The highest BCUT2D eigenvalue weighted by Crippen LogP contribution is 2.30. The van der Waals surface area contributed by atoms with E-state index in [0.29, 0.717) is 36.8 Å². The van der Waals surface area contributed by atoms with Crippen LogP contribution in [0.15, 0.2) is 65.8 Å². The van der Waals surface area contributed by atoms with E-state index in [2.05, 4.69) is 16.6 Å². The smallest absolute Gasteiger partial charge is 0.269 e. The van der Waals surface area contributed by atoms with Crippen LogP contribution < -0.4 is 19.6 Å². The molecule has 1 N–H and O–H groups in total. The van der Waals surface area contributed by atoms with Gasteiger partial charge >= 0.3 is 0 Å². The maximum absolute atomic E-state index is 10.8. The molecule has 0 aliphatic rings. The number of hydrogen-bond donors (Lipinski definition) is 1. The van der Waals surface area contributed by atoms with Gasteiger partial charge in [0.2, 0.25) is 0 Å². The van der Waals surface area contributed by atoms with E-state index in [0.717, 1.165) is 11.3 Å². The van der Waals surface area contributed by atoms with Crippen LogP contribution in [-0.4, -0.2) is 31.5 Å². The van der Waals surface area contributed by atoms with Crippen molar-refractivity contribution in [2.24, 2.45) is 5.10 Å². The van der Waals surface area contributed by atoms with Gasteiger partial charge in [0.05, 0.1) is 37.1 Å². The zero-order valence-corrected chi connectivity index (χ0v) is 18.9. The second kappa shape index (κ2) is 11.5. The monoisotopic (exact) mass is 449 g/mol. The molecule has 3 aromatic carbocycles. The standard InChI is InChI=1S/C25H27N3O5/c1-18-14-19(2)16-23(15-18)32-12-5-13-33-25-20(6-4-7-24(25)31-3)17-26-27-21-8-10-22(11-9-21)28(29)30/h4,6-11,14-17,27H,5,12-13H2,1-3H3/b26-17+. The molecular weight excluding hydrogens is 422 g/mol. The zero-order valence-electron chi connectivity index (χ0n) is 18.9. The molecule has 0 saturated carbocycles. The quantitative estimate of drug-likeness (QED) is 0.179. The lowest BCUT2D eigenvalue weighted by molar-refractivity contribution is -0.384. The topological polar surface area (TPSA) is 95.2 Å². The summed E-state index contributed by atoms with van der Waals surface area (Å²) >= 11 is 0. The Hall–Kier alpha value is -4.07. The number of nitrogens with zero attached hydrogens (tertiary/aromatic N) is 2. The zero-order chi connectivity index (χ0) is 23.6. The van der Waals surface area contributed by atoms with Crippen LogP contribution in [0.1, 0.15) is 23.1 Å². The maximum Gasteiger partial charge on any atom is 0.269 e. The molecule has 0 fully saturated rings. The fourth-order valence-electron chi connectivity index (χ4n) is 3.22. The Balaban J connectivity index is 1.57. The molecule has 8 nitrogen and oxygen atoms in total. The number of non-ortho nitro benzene ring substituents is 1. The van der Waals surface area contributed by atoms with Gasteiger partial charge in [-0.3, -0.25) is 15.5 Å². The molecule has 0 bridgehead atoms. The summed E-state index contributed by atoms with van der Waals surface area (Å²) in [5.74, 6) is 2.04. The number of para-hydroxylation sites is 1. The van der Waals surface area contributed by atoms with Gasteiger partial charge in [0.25, 0.3) is 5.69 Å². The normalized spacial score (nSPS) is 10.8. The molecule has 0 spiro atoms. The second-order valence-corrected chi connectivity index (χ2v) is 7.43. The molecule has 3 aromatic rings. The predicted molar refractivity (Wildman–Crippen MR) is 129 cm³/mol. The molecule has 8 heteroatoms. The summed E-state index contributed by atoms with van der Waals surface area (Å²) in [4.78, 5) is 10.3. The summed E-state index contributed by atoms with van der Waals surface area (Å²) < 4.78 is 17.3. The van der Waals surface area contributed by atoms with Crippen LogP contribution in [0.3, 0.4) is 0 Å². The van der Waals surface area contributed by atoms with Crippen molar-refractivity contribution in [3.63, 3.8) is 0 Å². The Labute approximate surface area is 193 Å². The van der Waals surface area contributed by atoms with Crippen molar-refractivity contribution < 1.29 is 19.1 Å². The summed E-state index contributed by atoms with van der Waals surface area (Å²) in [5, 5.41) is 15.0. The molecule has 0 atom stereocenters. The van der Waals surface area contributed by atoms with Crippen LogP contribution in [0.5, 0.6) is 17.2 Å². The highest BCUT2D eigenvalue weighted by molar-refractivity contribution is 5.85. The average Bonchev–Trinajstić information content (AvgIpc) is 2.79. The molecule has 0 aliphatic heterocycles. The lowest BCUT2D eigenvalue weighted by Gasteiger charge is -2.14. The lowest BCUT2D eigenvalue weighted by Crippen LogP contribution is -2.07. The van der Waals surface area contributed by atoms with Crippen LogP contribution in [0.4, 0.5) is 11.4 Å². The van der Waals surface area contributed by atoms with E-state index < -0.39 is 4.92 Å². The van der Waals surface area contributed by atoms with Crippen molar-refractivity contribution in [3.8, 4) is 17.2 Å². The highest BCUT2D eigenvalue weighted by Gasteiger charge is 2.10. The highest BCUT2D eigenvalue weighted by atomic mass is 16.6. The summed E-state index contributed by atoms with van der Waals surface area (Å²) in [7, 11) is 1.58. The number of benzene rings is 3. The Morgan fingerprint density at radius 2 is 1.70 bits per heavy atom. The van der Waals surface area contributed by atoms with E-state index in [4.69, 9.17) is 14.2 Å². The van der Waals surface area contributed by atoms with Gasteiger partial charge in [0, 0.05) is 24.1 Å². The van der Waals surface area contributed by atoms with Crippen LogP contribution in [0.2, 0.25) is 0 Å². The summed E-state index contributed by atoms with van der Waals surface area (Å²) in [6.45, 7) is 5.07. The van der Waals surface area contributed by atoms with Crippen LogP contribution in [0, 0.1) is 24.0 Å². The van der Waals surface area contributed by atoms with Crippen molar-refractivity contribution in [1.29, 1.82) is 0 Å². The fraction of sp³-hybridized carbons (Fsp3) is 0.240. The third-order valence-corrected chi connectivity index (χ3v) is 4.70. The molecule has 172 valence electrons. The van der Waals surface area contributed by atoms with Gasteiger partial charge in [-0.15, -0.1) is 0 Å². The number of aryl methyl sites for hydroxylation is 2. The van der Waals surface area contributed by atoms with E-state index in [9.17, 15) is 10.1 Å². The average molecular weight is 450 g/mol. The molecule has 3 rings (SSSR count). The van der Waals surface area contributed by atoms with Crippen molar-refractivity contribution >= 4 is 17.6 Å². The molecule has 0 aromatic heterocycles. The Morgan fingerprint density at radius 3 is 2.36 bits per heavy atom. The first-order valence-electron chi connectivity index (χ1n) is 10.5. The van der Waals surface area contributed by atoms with E-state index in [1.807, 2.05) is 44.2 Å². The van der Waals surface area contributed by atoms with Gasteiger partial charge < -0.3 is 14.2 Å². The minimum absolute atomic E-state index is 0.0227. The largest absolute Gasteiger partial charge is 0.493 e. The summed E-state index contributed by atoms with van der Waals surface area (Å²) in [6.07, 6.45) is 2.31. The van der Waals surface area contributed by atoms with Crippen molar-refractivity contribution in [3.05, 3.63) is 87.5 Å². The number of hydrogen-bond acceptors (Lipinski definition) is 7. The third kappa shape index (κ3) is 6.96. The molecular formula is C25H27N3O5. The number of hydrazone groups is 1. The summed E-state index contributed by atoms with van der Waals surface area (Å²) in [6, 6.07) is 17.7. The van der Waals surface area contributed by atoms with E-state index in [-0.39, 0.29) is 5.69 Å². The number of methoxy groups -OCH3 is 1. The van der Waals surface area contributed by atoms with Gasteiger partial charge in [-0.2, -0.15) is 5.10 Å². The first kappa shape index (κ1) is 23.6. The minimum atomic E-state index is -0.445. The molecule has 0 heterocycles. The number of anilines is 1. The predicted octanol–water partition coefficient (Wildman–Crippen LogP) is 5.51. The number of rotatable bonds is 11. The molecule has 0 unspecified atom stereocenters. The third-order valence-electron chi connectivity index (χ3n) is 4.70. The fourth-order valence-corrected chi connectivity index (χ4v) is 3.22. The Morgan fingerprint density at radius 1 is 1.00 bits per heavy atom. The first-order chi connectivity index (χ1) is 16.0. The van der Waals surface area contributed by atoms with Crippen molar-refractivity contribution in [2.75, 3.05) is 25.7 Å². The number of nitrogens with one attached hydrogen (secondary N) is 1. The van der Waals surface area contributed by atoms with Gasteiger partial charge in [-0.1, -0.05) is 12.1 Å². The summed E-state index contributed by atoms with van der Waals surface area (Å²) in [5.41, 5.74) is 6.58. The Bertz CT molecular complexity index is 1090. The van der Waals surface area contributed by atoms with Gasteiger partial charge in [-0.05, 0) is 61.4 Å². The molecule has 0 radical (unpaired) electrons. The van der Waals surface area contributed by atoms with Gasteiger partial charge in [0.1, 0.15) is 5.75 Å². The van der Waals surface area contributed by atoms with Gasteiger partial charge in [-0.25, -0.2) is 0 Å². The van der Waals surface area contributed by atoms with Crippen LogP contribution >= 0.6 is 0 Å². The van der Waals surface area contributed by atoms with E-state index in [1.165, 1.54) is 23.3 Å². The van der Waals surface area contributed by atoms with E-state index >= 15 is 0 Å². The van der Waals surface area contributed by atoms with Crippen molar-refractivity contribution in [1.82, 2.24) is 0 Å². The van der Waals surface area contributed by atoms with E-state index in [1.54, 1.807) is 25.5 Å².